The van der Waals surface area contributed by atoms with Crippen LogP contribution in [0, 0.1) is 23.5 Å². The van der Waals surface area contributed by atoms with Crippen molar-refractivity contribution in [3.8, 4) is 0 Å². The SMILES string of the molecule is Fc1cc(F)c(C2=NCC=C2c2ccc3ncc(N4CC5CCC5C4)cc3n2)cc1Cl. The third-order valence-corrected chi connectivity index (χ3v) is 7.00. The van der Waals surface area contributed by atoms with Crippen LogP contribution in [0.4, 0.5) is 14.5 Å². The van der Waals surface area contributed by atoms with Crippen LogP contribution in [0.15, 0.2) is 47.6 Å². The maximum atomic E-state index is 14.5. The number of aliphatic imine (C=N–C) groups is 1. The quantitative estimate of drug-likeness (QED) is 0.523. The smallest absolute Gasteiger partial charge is 0.144 e. The predicted molar refractivity (Wildman–Crippen MR) is 119 cm³/mol. The molecule has 7 heteroatoms. The Morgan fingerprint density at radius 1 is 0.968 bits per heavy atom. The fourth-order valence-corrected chi connectivity index (χ4v) is 5.02. The van der Waals surface area contributed by atoms with Crippen molar-refractivity contribution < 1.29 is 8.78 Å². The van der Waals surface area contributed by atoms with E-state index in [1.807, 2.05) is 24.4 Å². The van der Waals surface area contributed by atoms with Crippen molar-refractivity contribution >= 4 is 39.6 Å². The molecule has 2 fully saturated rings. The first kappa shape index (κ1) is 18.9. The summed E-state index contributed by atoms with van der Waals surface area (Å²) in [5.41, 5.74) is 4.71. The lowest BCUT2D eigenvalue weighted by Crippen LogP contribution is -2.22. The lowest BCUT2D eigenvalue weighted by atomic mass is 9.77. The van der Waals surface area contributed by atoms with Gasteiger partial charge in [0, 0.05) is 30.3 Å². The van der Waals surface area contributed by atoms with E-state index in [9.17, 15) is 8.78 Å². The number of halogens is 3. The van der Waals surface area contributed by atoms with Crippen LogP contribution in [0.3, 0.4) is 0 Å². The minimum Gasteiger partial charge on any atom is -0.370 e. The van der Waals surface area contributed by atoms with Gasteiger partial charge in [-0.2, -0.15) is 0 Å². The van der Waals surface area contributed by atoms with Gasteiger partial charge in [0.25, 0.3) is 0 Å². The summed E-state index contributed by atoms with van der Waals surface area (Å²) in [6.07, 6.45) is 6.47. The Morgan fingerprint density at radius 2 is 1.77 bits per heavy atom. The van der Waals surface area contributed by atoms with Crippen LogP contribution in [0.25, 0.3) is 16.6 Å². The van der Waals surface area contributed by atoms with Gasteiger partial charge in [-0.1, -0.05) is 17.7 Å². The number of rotatable bonds is 3. The van der Waals surface area contributed by atoms with Gasteiger partial charge in [0.05, 0.1) is 45.9 Å². The molecule has 156 valence electrons. The van der Waals surface area contributed by atoms with Crippen molar-refractivity contribution in [3.63, 3.8) is 0 Å². The zero-order chi connectivity index (χ0) is 21.1. The minimum atomic E-state index is -0.787. The van der Waals surface area contributed by atoms with Crippen LogP contribution in [-0.4, -0.2) is 35.3 Å². The molecule has 0 radical (unpaired) electrons. The second-order valence-electron chi connectivity index (χ2n) is 8.48. The lowest BCUT2D eigenvalue weighted by molar-refractivity contribution is 0.243. The molecule has 2 atom stereocenters. The Hall–Kier alpha value is -2.86. The standard InChI is InChI=1S/C24H19ClF2N4/c25-18-8-17(19(26)9-20(18)27)24-16(5-6-28-24)21-3-4-22-23(30-21)7-15(10-29-22)31-11-13-1-2-14(13)12-31/h3-5,7-10,13-14H,1-2,6,11-12H2. The molecular formula is C24H19ClF2N4. The molecule has 4 nitrogen and oxygen atoms in total. The highest BCUT2D eigenvalue weighted by molar-refractivity contribution is 6.35. The van der Waals surface area contributed by atoms with Crippen molar-refractivity contribution in [1.29, 1.82) is 0 Å². The van der Waals surface area contributed by atoms with Gasteiger partial charge in [-0.3, -0.25) is 9.98 Å². The zero-order valence-electron chi connectivity index (χ0n) is 16.7. The number of pyridine rings is 2. The van der Waals surface area contributed by atoms with Crippen LogP contribution < -0.4 is 4.90 Å². The molecule has 2 aliphatic heterocycles. The van der Waals surface area contributed by atoms with Gasteiger partial charge in [0.15, 0.2) is 0 Å². The molecule has 0 N–H and O–H groups in total. The van der Waals surface area contributed by atoms with E-state index in [1.54, 1.807) is 0 Å². The van der Waals surface area contributed by atoms with Gasteiger partial charge >= 0.3 is 0 Å². The van der Waals surface area contributed by atoms with Gasteiger partial charge in [0.2, 0.25) is 0 Å². The van der Waals surface area contributed by atoms with E-state index in [2.05, 4.69) is 20.9 Å². The van der Waals surface area contributed by atoms with Crippen molar-refractivity contribution in [1.82, 2.24) is 9.97 Å². The molecule has 1 aliphatic carbocycles. The van der Waals surface area contributed by atoms with E-state index in [-0.39, 0.29) is 10.6 Å². The predicted octanol–water partition coefficient (Wildman–Crippen LogP) is 5.29. The Bertz CT molecular complexity index is 1270. The number of allylic oxidation sites excluding steroid dienone is 1. The lowest BCUT2D eigenvalue weighted by Gasteiger charge is -2.27. The second kappa shape index (κ2) is 7.09. The summed E-state index contributed by atoms with van der Waals surface area (Å²) in [7, 11) is 0. The first-order chi connectivity index (χ1) is 15.1. The van der Waals surface area contributed by atoms with Gasteiger partial charge in [-0.05, 0) is 48.9 Å². The summed E-state index contributed by atoms with van der Waals surface area (Å²) in [6.45, 7) is 2.59. The van der Waals surface area contributed by atoms with E-state index in [0.717, 1.165) is 47.7 Å². The highest BCUT2D eigenvalue weighted by Gasteiger charge is 2.39. The van der Waals surface area contributed by atoms with E-state index < -0.39 is 11.6 Å². The summed E-state index contributed by atoms with van der Waals surface area (Å²) in [5, 5.41) is -0.134. The van der Waals surface area contributed by atoms with E-state index in [1.165, 1.54) is 18.9 Å². The van der Waals surface area contributed by atoms with Crippen LogP contribution in [-0.2, 0) is 0 Å². The summed E-state index contributed by atoms with van der Waals surface area (Å²) in [4.78, 5) is 16.2. The number of aromatic nitrogens is 2. The van der Waals surface area contributed by atoms with Crippen molar-refractivity contribution in [2.24, 2.45) is 16.8 Å². The number of benzene rings is 1. The summed E-state index contributed by atoms with van der Waals surface area (Å²) >= 11 is 5.90. The normalized spacial score (nSPS) is 22.4. The first-order valence-electron chi connectivity index (χ1n) is 10.5. The molecule has 2 unspecified atom stereocenters. The largest absolute Gasteiger partial charge is 0.370 e. The van der Waals surface area contributed by atoms with Crippen molar-refractivity contribution in [3.05, 3.63) is 70.5 Å². The van der Waals surface area contributed by atoms with E-state index in [4.69, 9.17) is 16.6 Å². The Labute approximate surface area is 183 Å². The Balaban J connectivity index is 1.36. The average Bonchev–Trinajstić information content (AvgIpc) is 3.35. The average molecular weight is 437 g/mol. The number of nitrogens with zero attached hydrogens (tertiary/aromatic N) is 4. The van der Waals surface area contributed by atoms with Gasteiger partial charge in [-0.25, -0.2) is 13.8 Å². The molecule has 6 rings (SSSR count). The molecule has 0 spiro atoms. The third kappa shape index (κ3) is 3.12. The molecule has 1 saturated heterocycles. The molecule has 3 aliphatic rings. The summed E-state index contributed by atoms with van der Waals surface area (Å²) in [5.74, 6) is 0.149. The fourth-order valence-electron chi connectivity index (χ4n) is 4.86. The van der Waals surface area contributed by atoms with Crippen LogP contribution >= 0.6 is 11.6 Å². The number of hydrogen-bond acceptors (Lipinski definition) is 4. The second-order valence-corrected chi connectivity index (χ2v) is 8.89. The Kier molecular flexibility index (Phi) is 4.32. The molecule has 4 heterocycles. The van der Waals surface area contributed by atoms with Crippen LogP contribution in [0.2, 0.25) is 5.02 Å². The highest BCUT2D eigenvalue weighted by Crippen LogP contribution is 2.42. The topological polar surface area (TPSA) is 41.4 Å². The van der Waals surface area contributed by atoms with Crippen LogP contribution in [0.1, 0.15) is 24.1 Å². The minimum absolute atomic E-state index is 0.134. The monoisotopic (exact) mass is 436 g/mol. The molecule has 1 aromatic carbocycles. The molecule has 2 aromatic heterocycles. The molecule has 1 saturated carbocycles. The fraction of sp³-hybridized carbons (Fsp3) is 0.292. The van der Waals surface area contributed by atoms with Gasteiger partial charge in [0.1, 0.15) is 11.6 Å². The summed E-state index contributed by atoms with van der Waals surface area (Å²) in [6, 6.07) is 7.94. The number of hydrogen-bond donors (Lipinski definition) is 0. The van der Waals surface area contributed by atoms with E-state index in [0.29, 0.717) is 23.5 Å². The van der Waals surface area contributed by atoms with Crippen molar-refractivity contribution in [2.45, 2.75) is 12.8 Å². The molecule has 0 amide bonds. The molecule has 31 heavy (non-hydrogen) atoms. The first-order valence-corrected chi connectivity index (χ1v) is 10.9. The van der Waals surface area contributed by atoms with Crippen LogP contribution in [0.5, 0.6) is 0 Å². The number of fused-ring (bicyclic) bond motifs is 2. The molecule has 0 bridgehead atoms. The maximum absolute atomic E-state index is 14.5. The van der Waals surface area contributed by atoms with E-state index >= 15 is 0 Å². The van der Waals surface area contributed by atoms with Crippen molar-refractivity contribution in [2.75, 3.05) is 24.5 Å². The number of anilines is 1. The Morgan fingerprint density at radius 3 is 2.55 bits per heavy atom. The van der Waals surface area contributed by atoms with Gasteiger partial charge in [-0.15, -0.1) is 0 Å². The summed E-state index contributed by atoms with van der Waals surface area (Å²) < 4.78 is 28.1. The maximum Gasteiger partial charge on any atom is 0.144 e. The highest BCUT2D eigenvalue weighted by atomic mass is 35.5. The zero-order valence-corrected chi connectivity index (χ0v) is 17.4. The van der Waals surface area contributed by atoms with Gasteiger partial charge < -0.3 is 4.90 Å². The third-order valence-electron chi connectivity index (χ3n) is 6.71. The molecular weight excluding hydrogens is 418 g/mol. The molecule has 3 aromatic rings.